The van der Waals surface area contributed by atoms with Crippen molar-refractivity contribution in [3.05, 3.63) is 90.0 Å². The maximum atomic E-state index is 12.7. The Morgan fingerprint density at radius 1 is 0.875 bits per heavy atom. The van der Waals surface area contributed by atoms with Crippen molar-refractivity contribution in [3.8, 4) is 5.75 Å². The molecule has 3 aromatic carbocycles. The Morgan fingerprint density at radius 2 is 1.56 bits per heavy atom. The third-order valence-electron chi connectivity index (χ3n) is 5.17. The van der Waals surface area contributed by atoms with Crippen LogP contribution in [0.25, 0.3) is 0 Å². The average molecular weight is 431 g/mol. The zero-order valence-corrected chi connectivity index (χ0v) is 18.7. The van der Waals surface area contributed by atoms with Crippen LogP contribution in [0.3, 0.4) is 0 Å². The number of carbonyl (C=O) groups is 2. The fourth-order valence-electron chi connectivity index (χ4n) is 3.57. The number of likely N-dealkylation sites (N-methyl/N-ethyl adjacent to an activating group) is 1. The smallest absolute Gasteiger partial charge is 0.231 e. The Labute approximate surface area is 190 Å². The molecule has 0 bridgehead atoms. The topological polar surface area (TPSA) is 58.6 Å². The summed E-state index contributed by atoms with van der Waals surface area (Å²) in [4.78, 5) is 26.9. The second kappa shape index (κ2) is 11.7. The number of benzene rings is 3. The molecule has 0 fully saturated rings. The lowest BCUT2D eigenvalue weighted by Gasteiger charge is -2.21. The second-order valence-electron chi connectivity index (χ2n) is 7.44. The van der Waals surface area contributed by atoms with Gasteiger partial charge in [0.15, 0.2) is 0 Å². The van der Waals surface area contributed by atoms with Crippen LogP contribution in [-0.4, -0.2) is 25.0 Å². The van der Waals surface area contributed by atoms with Crippen molar-refractivity contribution in [2.45, 2.75) is 33.1 Å². The van der Waals surface area contributed by atoms with Gasteiger partial charge in [0, 0.05) is 24.3 Å². The number of carbonyl (C=O) groups excluding carboxylic acids is 2. The van der Waals surface area contributed by atoms with Crippen LogP contribution in [-0.2, 0) is 22.4 Å². The van der Waals surface area contributed by atoms with Crippen molar-refractivity contribution >= 4 is 23.2 Å². The summed E-state index contributed by atoms with van der Waals surface area (Å²) in [7, 11) is 0. The fourth-order valence-corrected chi connectivity index (χ4v) is 3.57. The van der Waals surface area contributed by atoms with Gasteiger partial charge in [-0.1, -0.05) is 48.5 Å². The molecule has 5 heteroatoms. The lowest BCUT2D eigenvalue weighted by Crippen LogP contribution is -2.31. The van der Waals surface area contributed by atoms with Crippen LogP contribution in [0, 0.1) is 0 Å². The summed E-state index contributed by atoms with van der Waals surface area (Å²) in [5, 5.41) is 2.93. The summed E-state index contributed by atoms with van der Waals surface area (Å²) in [6.45, 7) is 5.13. The van der Waals surface area contributed by atoms with Crippen molar-refractivity contribution in [2.24, 2.45) is 0 Å². The molecule has 0 aromatic heterocycles. The van der Waals surface area contributed by atoms with Gasteiger partial charge >= 0.3 is 0 Å². The number of hydrogen-bond donors (Lipinski definition) is 1. The van der Waals surface area contributed by atoms with Crippen LogP contribution in [0.2, 0.25) is 0 Å². The van der Waals surface area contributed by atoms with Gasteiger partial charge in [-0.3, -0.25) is 9.59 Å². The molecule has 3 rings (SSSR count). The number of hydrogen-bond acceptors (Lipinski definition) is 3. The first kappa shape index (κ1) is 23.1. The Bertz CT molecular complexity index is 1020. The molecule has 3 aromatic rings. The summed E-state index contributed by atoms with van der Waals surface area (Å²) in [5.41, 5.74) is 3.56. The third kappa shape index (κ3) is 6.45. The molecule has 1 N–H and O–H groups in total. The molecular weight excluding hydrogens is 400 g/mol. The van der Waals surface area contributed by atoms with E-state index in [2.05, 4.69) is 5.32 Å². The molecule has 0 unspecified atom stereocenters. The van der Waals surface area contributed by atoms with E-state index < -0.39 is 0 Å². The molecule has 2 amide bonds. The summed E-state index contributed by atoms with van der Waals surface area (Å²) in [6.07, 6.45) is 1.29. The molecule has 0 aliphatic rings. The largest absolute Gasteiger partial charge is 0.494 e. The summed E-state index contributed by atoms with van der Waals surface area (Å²) in [6, 6.07) is 24.9. The number of rotatable bonds is 10. The summed E-state index contributed by atoms with van der Waals surface area (Å²) >= 11 is 0. The Morgan fingerprint density at radius 3 is 2.25 bits per heavy atom. The predicted octanol–water partition coefficient (Wildman–Crippen LogP) is 5.25. The Balaban J connectivity index is 1.53. The van der Waals surface area contributed by atoms with Crippen LogP contribution >= 0.6 is 0 Å². The molecule has 0 saturated carbocycles. The molecule has 0 spiro atoms. The van der Waals surface area contributed by atoms with Gasteiger partial charge in [-0.25, -0.2) is 0 Å². The highest BCUT2D eigenvalue weighted by Gasteiger charge is 2.14. The number of amides is 2. The van der Waals surface area contributed by atoms with Crippen molar-refractivity contribution < 1.29 is 14.3 Å². The highest BCUT2D eigenvalue weighted by molar-refractivity contribution is 5.95. The number of anilines is 2. The number of aryl methyl sites for hydroxylation is 1. The van der Waals surface area contributed by atoms with E-state index in [0.717, 1.165) is 28.3 Å². The van der Waals surface area contributed by atoms with Crippen LogP contribution in [0.4, 0.5) is 11.4 Å². The van der Waals surface area contributed by atoms with E-state index in [1.165, 1.54) is 0 Å². The van der Waals surface area contributed by atoms with Gasteiger partial charge in [0.1, 0.15) is 5.75 Å². The molecule has 0 atom stereocenters. The third-order valence-corrected chi connectivity index (χ3v) is 5.17. The van der Waals surface area contributed by atoms with Crippen molar-refractivity contribution in [3.63, 3.8) is 0 Å². The SMILES string of the molecule is CCOc1ccccc1CCC(=O)Nc1ccc(CC(=O)N(CC)c2ccccc2)cc1. The van der Waals surface area contributed by atoms with Crippen LogP contribution in [0.15, 0.2) is 78.9 Å². The highest BCUT2D eigenvalue weighted by Crippen LogP contribution is 2.20. The van der Waals surface area contributed by atoms with E-state index in [9.17, 15) is 9.59 Å². The quantitative estimate of drug-likeness (QED) is 0.478. The minimum Gasteiger partial charge on any atom is -0.494 e. The molecule has 0 heterocycles. The average Bonchev–Trinajstić information content (AvgIpc) is 2.81. The first-order chi connectivity index (χ1) is 15.6. The van der Waals surface area contributed by atoms with Crippen molar-refractivity contribution in [1.29, 1.82) is 0 Å². The highest BCUT2D eigenvalue weighted by atomic mass is 16.5. The monoisotopic (exact) mass is 430 g/mol. The van der Waals surface area contributed by atoms with Gasteiger partial charge in [0.2, 0.25) is 11.8 Å². The molecule has 0 aliphatic heterocycles. The van der Waals surface area contributed by atoms with Gasteiger partial charge in [-0.2, -0.15) is 0 Å². The molecule has 166 valence electrons. The number of nitrogens with one attached hydrogen (secondary N) is 1. The number of ether oxygens (including phenoxy) is 1. The van der Waals surface area contributed by atoms with E-state index >= 15 is 0 Å². The molecule has 32 heavy (non-hydrogen) atoms. The molecule has 0 saturated heterocycles. The van der Waals surface area contributed by atoms with Gasteiger partial charge in [-0.05, 0) is 61.7 Å². The van der Waals surface area contributed by atoms with E-state index in [1.807, 2.05) is 92.7 Å². The van der Waals surface area contributed by atoms with Crippen LogP contribution in [0.5, 0.6) is 5.75 Å². The lowest BCUT2D eigenvalue weighted by atomic mass is 10.1. The maximum Gasteiger partial charge on any atom is 0.231 e. The lowest BCUT2D eigenvalue weighted by molar-refractivity contribution is -0.118. The van der Waals surface area contributed by atoms with Gasteiger partial charge in [-0.15, -0.1) is 0 Å². The molecule has 0 radical (unpaired) electrons. The first-order valence-corrected chi connectivity index (χ1v) is 11.1. The standard InChI is InChI=1S/C27H30N2O3/c1-3-29(24-11-6-5-7-12-24)27(31)20-21-14-17-23(18-15-21)28-26(30)19-16-22-10-8-9-13-25(22)32-4-2/h5-15,17-18H,3-4,16,19-20H2,1-2H3,(H,28,30). The summed E-state index contributed by atoms with van der Waals surface area (Å²) in [5.74, 6) is 0.818. The van der Waals surface area contributed by atoms with Gasteiger partial charge < -0.3 is 15.0 Å². The first-order valence-electron chi connectivity index (χ1n) is 11.1. The summed E-state index contributed by atoms with van der Waals surface area (Å²) < 4.78 is 5.62. The van der Waals surface area contributed by atoms with E-state index in [-0.39, 0.29) is 11.8 Å². The molecule has 5 nitrogen and oxygen atoms in total. The maximum absolute atomic E-state index is 12.7. The van der Waals surface area contributed by atoms with E-state index in [1.54, 1.807) is 4.90 Å². The van der Waals surface area contributed by atoms with Crippen molar-refractivity contribution in [1.82, 2.24) is 0 Å². The minimum atomic E-state index is -0.0543. The number of nitrogens with zero attached hydrogens (tertiary/aromatic N) is 1. The van der Waals surface area contributed by atoms with Gasteiger partial charge in [0.25, 0.3) is 0 Å². The minimum absolute atomic E-state index is 0.0449. The number of para-hydroxylation sites is 2. The predicted molar refractivity (Wildman–Crippen MR) is 129 cm³/mol. The van der Waals surface area contributed by atoms with Crippen LogP contribution < -0.4 is 15.0 Å². The molecular formula is C27H30N2O3. The Hall–Kier alpha value is -3.60. The van der Waals surface area contributed by atoms with E-state index in [4.69, 9.17) is 4.74 Å². The fraction of sp³-hybridized carbons (Fsp3) is 0.259. The van der Waals surface area contributed by atoms with Gasteiger partial charge in [0.05, 0.1) is 13.0 Å². The normalized spacial score (nSPS) is 10.4. The Kier molecular flexibility index (Phi) is 8.44. The zero-order valence-electron chi connectivity index (χ0n) is 18.7. The molecule has 0 aliphatic carbocycles. The second-order valence-corrected chi connectivity index (χ2v) is 7.44. The van der Waals surface area contributed by atoms with Crippen LogP contribution in [0.1, 0.15) is 31.4 Å². The zero-order chi connectivity index (χ0) is 22.8. The van der Waals surface area contributed by atoms with Crippen molar-refractivity contribution in [2.75, 3.05) is 23.4 Å². The van der Waals surface area contributed by atoms with E-state index in [0.29, 0.717) is 32.4 Å².